The van der Waals surface area contributed by atoms with E-state index in [1.165, 1.54) is 23.9 Å². The number of carbonyl (C=O) groups excluding carboxylic acids is 1. The Hall–Kier alpha value is -3.13. The van der Waals surface area contributed by atoms with Crippen molar-refractivity contribution in [1.29, 1.82) is 0 Å². The van der Waals surface area contributed by atoms with Gasteiger partial charge in [-0.1, -0.05) is 12.1 Å². The lowest BCUT2D eigenvalue weighted by atomic mass is 10.0. The minimum absolute atomic E-state index is 0.149. The molecule has 2 heterocycles. The first-order chi connectivity index (χ1) is 13.8. The Kier molecular flexibility index (Phi) is 4.87. The second kappa shape index (κ2) is 7.36. The third-order valence-corrected chi connectivity index (χ3v) is 6.25. The number of halogens is 1. The molecule has 0 saturated carbocycles. The van der Waals surface area contributed by atoms with Crippen LogP contribution in [0.4, 0.5) is 10.2 Å². The van der Waals surface area contributed by atoms with E-state index in [-0.39, 0.29) is 27.8 Å². The molecule has 4 rings (SSSR count). The number of carbonyl (C=O) groups is 2. The topological polar surface area (TPSA) is 84.2 Å². The standard InChI is InChI=1S/C21H18FN3O3S/c1-11-17-18(13-3-5-14(6-4-13)21(27)28)29-12(2)20(26)23-19(17)25(24-11)16-9-7-15(22)8-10-16/h3-10,12,18H,1-2H3,(H,23,26)(H,27,28)/t12-,18+/m1/s1. The number of aromatic nitrogens is 2. The van der Waals surface area contributed by atoms with Crippen LogP contribution in [0, 0.1) is 12.7 Å². The summed E-state index contributed by atoms with van der Waals surface area (Å²) < 4.78 is 15.0. The molecule has 148 valence electrons. The summed E-state index contributed by atoms with van der Waals surface area (Å²) in [6.45, 7) is 3.69. The molecule has 0 bridgehead atoms. The van der Waals surface area contributed by atoms with Crippen LogP contribution < -0.4 is 5.32 Å². The summed E-state index contributed by atoms with van der Waals surface area (Å²) in [5.41, 5.74) is 3.30. The molecule has 1 aromatic heterocycles. The number of benzene rings is 2. The van der Waals surface area contributed by atoms with Gasteiger partial charge in [0.2, 0.25) is 5.91 Å². The van der Waals surface area contributed by atoms with Crippen molar-refractivity contribution in [3.05, 3.63) is 76.7 Å². The fraction of sp³-hybridized carbons (Fsp3) is 0.190. The number of fused-ring (bicyclic) bond motifs is 1. The minimum atomic E-state index is -0.990. The average molecular weight is 411 g/mol. The maximum Gasteiger partial charge on any atom is 0.335 e. The van der Waals surface area contributed by atoms with E-state index in [1.807, 2.05) is 13.8 Å². The van der Waals surface area contributed by atoms with Crippen molar-refractivity contribution >= 4 is 29.5 Å². The zero-order valence-electron chi connectivity index (χ0n) is 15.7. The van der Waals surface area contributed by atoms with Crippen LogP contribution in [0.1, 0.15) is 39.4 Å². The van der Waals surface area contributed by atoms with Gasteiger partial charge in [-0.15, -0.1) is 11.8 Å². The van der Waals surface area contributed by atoms with Gasteiger partial charge in [0.15, 0.2) is 0 Å². The highest BCUT2D eigenvalue weighted by atomic mass is 32.2. The third-order valence-electron chi connectivity index (χ3n) is 4.85. The second-order valence-corrected chi connectivity index (χ2v) is 8.26. The number of aryl methyl sites for hydroxylation is 1. The van der Waals surface area contributed by atoms with Gasteiger partial charge in [-0.05, 0) is 55.8 Å². The lowest BCUT2D eigenvalue weighted by molar-refractivity contribution is -0.115. The van der Waals surface area contributed by atoms with Crippen LogP contribution in [0.5, 0.6) is 0 Å². The number of carboxylic acid groups (broad SMARTS) is 1. The van der Waals surface area contributed by atoms with Crippen LogP contribution in [0.2, 0.25) is 0 Å². The maximum absolute atomic E-state index is 13.4. The van der Waals surface area contributed by atoms with E-state index in [9.17, 15) is 14.0 Å². The van der Waals surface area contributed by atoms with Crippen LogP contribution >= 0.6 is 11.8 Å². The molecule has 0 unspecified atom stereocenters. The fourth-order valence-electron chi connectivity index (χ4n) is 3.34. The Bertz CT molecular complexity index is 1090. The van der Waals surface area contributed by atoms with Crippen molar-refractivity contribution in [3.8, 4) is 5.69 Å². The van der Waals surface area contributed by atoms with Gasteiger partial charge in [0.05, 0.1) is 27.4 Å². The second-order valence-electron chi connectivity index (χ2n) is 6.81. The van der Waals surface area contributed by atoms with Gasteiger partial charge in [0.25, 0.3) is 0 Å². The quantitative estimate of drug-likeness (QED) is 0.675. The highest BCUT2D eigenvalue weighted by Gasteiger charge is 2.34. The van der Waals surface area contributed by atoms with Crippen molar-refractivity contribution in [2.75, 3.05) is 5.32 Å². The molecule has 0 spiro atoms. The number of nitrogens with zero attached hydrogens (tertiary/aromatic N) is 2. The van der Waals surface area contributed by atoms with Crippen molar-refractivity contribution in [2.24, 2.45) is 0 Å². The van der Waals surface area contributed by atoms with Crippen LogP contribution in [0.25, 0.3) is 5.69 Å². The summed E-state index contributed by atoms with van der Waals surface area (Å²) in [6, 6.07) is 12.5. The predicted octanol–water partition coefficient (Wildman–Crippen LogP) is 4.18. The summed E-state index contributed by atoms with van der Waals surface area (Å²) >= 11 is 1.48. The summed E-state index contributed by atoms with van der Waals surface area (Å²) in [4.78, 5) is 23.8. The molecule has 3 aromatic rings. The molecule has 0 aliphatic carbocycles. The van der Waals surface area contributed by atoms with E-state index in [1.54, 1.807) is 41.1 Å². The summed E-state index contributed by atoms with van der Waals surface area (Å²) in [6.07, 6.45) is 0. The van der Waals surface area contributed by atoms with E-state index in [4.69, 9.17) is 5.11 Å². The first-order valence-electron chi connectivity index (χ1n) is 9.00. The molecule has 8 heteroatoms. The number of aromatic carboxylic acids is 1. The van der Waals surface area contributed by atoms with Gasteiger partial charge in [0, 0.05) is 5.56 Å². The van der Waals surface area contributed by atoms with E-state index in [2.05, 4.69) is 10.4 Å². The monoisotopic (exact) mass is 411 g/mol. The number of anilines is 1. The van der Waals surface area contributed by atoms with Crippen LogP contribution in [-0.4, -0.2) is 32.0 Å². The molecule has 2 atom stereocenters. The predicted molar refractivity (Wildman–Crippen MR) is 109 cm³/mol. The smallest absolute Gasteiger partial charge is 0.335 e. The zero-order chi connectivity index (χ0) is 20.7. The summed E-state index contributed by atoms with van der Waals surface area (Å²) in [5, 5.41) is 16.2. The van der Waals surface area contributed by atoms with E-state index >= 15 is 0 Å². The molecular formula is C21H18FN3O3S. The summed E-state index contributed by atoms with van der Waals surface area (Å²) in [7, 11) is 0. The van der Waals surface area contributed by atoms with Crippen molar-refractivity contribution in [2.45, 2.75) is 24.3 Å². The number of hydrogen-bond donors (Lipinski definition) is 2. The Morgan fingerprint density at radius 1 is 1.17 bits per heavy atom. The van der Waals surface area contributed by atoms with Crippen molar-refractivity contribution < 1.29 is 19.1 Å². The molecular weight excluding hydrogens is 393 g/mol. The molecule has 2 N–H and O–H groups in total. The van der Waals surface area contributed by atoms with Gasteiger partial charge < -0.3 is 10.4 Å². The zero-order valence-corrected chi connectivity index (χ0v) is 16.5. The van der Waals surface area contributed by atoms with Crippen molar-refractivity contribution in [3.63, 3.8) is 0 Å². The molecule has 29 heavy (non-hydrogen) atoms. The highest BCUT2D eigenvalue weighted by Crippen LogP contribution is 2.46. The lowest BCUT2D eigenvalue weighted by Crippen LogP contribution is -2.22. The van der Waals surface area contributed by atoms with Gasteiger partial charge in [-0.25, -0.2) is 13.9 Å². The van der Waals surface area contributed by atoms with Gasteiger partial charge in [0.1, 0.15) is 11.6 Å². The van der Waals surface area contributed by atoms with Crippen molar-refractivity contribution in [1.82, 2.24) is 9.78 Å². The number of rotatable bonds is 3. The maximum atomic E-state index is 13.4. The number of hydrogen-bond acceptors (Lipinski definition) is 4. The van der Waals surface area contributed by atoms with Gasteiger partial charge >= 0.3 is 5.97 Å². The van der Waals surface area contributed by atoms with E-state index in [0.717, 1.165) is 16.8 Å². The molecule has 1 aliphatic heterocycles. The molecule has 2 aromatic carbocycles. The summed E-state index contributed by atoms with van der Waals surface area (Å²) in [5.74, 6) is -0.947. The molecule has 0 radical (unpaired) electrons. The molecule has 1 amide bonds. The van der Waals surface area contributed by atoms with Crippen LogP contribution in [0.15, 0.2) is 48.5 Å². The van der Waals surface area contributed by atoms with Gasteiger partial charge in [-0.3, -0.25) is 4.79 Å². The normalized spacial score (nSPS) is 18.7. The van der Waals surface area contributed by atoms with Crippen LogP contribution in [-0.2, 0) is 4.79 Å². The SMILES string of the molecule is Cc1nn(-c2ccc(F)cc2)c2c1[C@H](c1ccc(C(=O)O)cc1)S[C@H](C)C(=O)N2. The molecule has 1 aliphatic rings. The largest absolute Gasteiger partial charge is 0.478 e. The first-order valence-corrected chi connectivity index (χ1v) is 9.94. The van der Waals surface area contributed by atoms with Crippen LogP contribution in [0.3, 0.4) is 0 Å². The Morgan fingerprint density at radius 2 is 1.83 bits per heavy atom. The Balaban J connectivity index is 1.86. The Morgan fingerprint density at radius 3 is 2.45 bits per heavy atom. The number of carboxylic acids is 1. The lowest BCUT2D eigenvalue weighted by Gasteiger charge is -2.17. The number of amides is 1. The number of thioether (sulfide) groups is 1. The molecule has 6 nitrogen and oxygen atoms in total. The van der Waals surface area contributed by atoms with Gasteiger partial charge in [-0.2, -0.15) is 5.10 Å². The highest BCUT2D eigenvalue weighted by molar-refractivity contribution is 8.01. The first kappa shape index (κ1) is 19.2. The fourth-order valence-corrected chi connectivity index (χ4v) is 4.66. The average Bonchev–Trinajstić information content (AvgIpc) is 2.94. The van der Waals surface area contributed by atoms with E-state index < -0.39 is 5.97 Å². The molecule has 0 saturated heterocycles. The number of nitrogens with one attached hydrogen (secondary N) is 1. The Labute approximate surface area is 170 Å². The third kappa shape index (κ3) is 3.51. The van der Waals surface area contributed by atoms with E-state index in [0.29, 0.717) is 11.5 Å². The molecule has 0 fully saturated rings. The minimum Gasteiger partial charge on any atom is -0.478 e.